The molecule has 2 aromatic carbocycles. The number of ether oxygens (including phenoxy) is 2. The molecule has 0 saturated heterocycles. The summed E-state index contributed by atoms with van der Waals surface area (Å²) < 4.78 is 23.6. The number of rotatable bonds is 6. The maximum absolute atomic E-state index is 13.6. The zero-order valence-electron chi connectivity index (χ0n) is 12.2. The van der Waals surface area contributed by atoms with Crippen LogP contribution in [-0.2, 0) is 6.42 Å². The Balaban J connectivity index is 1.97. The van der Waals surface area contributed by atoms with E-state index in [1.54, 1.807) is 13.2 Å². The van der Waals surface area contributed by atoms with Crippen LogP contribution in [0.4, 0.5) is 4.39 Å². The highest BCUT2D eigenvalue weighted by molar-refractivity contribution is 5.31. The molecule has 0 heterocycles. The molecule has 21 heavy (non-hydrogen) atoms. The van der Waals surface area contributed by atoms with Crippen molar-refractivity contribution in [3.8, 4) is 11.5 Å². The van der Waals surface area contributed by atoms with Gasteiger partial charge in [-0.05, 0) is 48.2 Å². The fourth-order valence-electron chi connectivity index (χ4n) is 2.15. The van der Waals surface area contributed by atoms with Gasteiger partial charge in [0.25, 0.3) is 0 Å². The van der Waals surface area contributed by atoms with E-state index >= 15 is 0 Å². The van der Waals surface area contributed by atoms with Crippen molar-refractivity contribution in [1.82, 2.24) is 0 Å². The molecule has 2 aromatic rings. The van der Waals surface area contributed by atoms with E-state index in [0.717, 1.165) is 11.3 Å². The summed E-state index contributed by atoms with van der Waals surface area (Å²) in [4.78, 5) is 0. The third kappa shape index (κ3) is 3.95. The van der Waals surface area contributed by atoms with Crippen molar-refractivity contribution < 1.29 is 19.0 Å². The molecule has 0 aliphatic heterocycles. The van der Waals surface area contributed by atoms with Crippen molar-refractivity contribution in [2.24, 2.45) is 0 Å². The van der Waals surface area contributed by atoms with Gasteiger partial charge in [0, 0.05) is 0 Å². The Bertz CT molecular complexity index is 581. The summed E-state index contributed by atoms with van der Waals surface area (Å²) in [5.74, 6) is 0.524. The molecular formula is C17H19FO3. The summed E-state index contributed by atoms with van der Waals surface area (Å²) >= 11 is 0. The molecule has 0 bridgehead atoms. The average molecular weight is 290 g/mol. The first-order valence-electron chi connectivity index (χ1n) is 6.78. The monoisotopic (exact) mass is 290 g/mol. The number of hydrogen-bond donors (Lipinski definition) is 1. The van der Waals surface area contributed by atoms with Gasteiger partial charge in [0.15, 0.2) is 11.6 Å². The predicted octanol–water partition coefficient (Wildman–Crippen LogP) is 3.51. The Labute approximate surface area is 124 Å². The van der Waals surface area contributed by atoms with Crippen LogP contribution in [0.1, 0.15) is 23.7 Å². The van der Waals surface area contributed by atoms with Crippen molar-refractivity contribution >= 4 is 0 Å². The SMILES string of the molecule is COc1ccc(CCC(O)c2ccc(OC)c(F)c2)cc1. The zero-order valence-corrected chi connectivity index (χ0v) is 12.2. The summed E-state index contributed by atoms with van der Waals surface area (Å²) in [7, 11) is 3.04. The van der Waals surface area contributed by atoms with Crippen LogP contribution in [0.2, 0.25) is 0 Å². The largest absolute Gasteiger partial charge is 0.497 e. The molecule has 0 fully saturated rings. The molecule has 0 aliphatic carbocycles. The number of hydrogen-bond acceptors (Lipinski definition) is 3. The molecule has 0 aromatic heterocycles. The van der Waals surface area contributed by atoms with E-state index in [0.29, 0.717) is 18.4 Å². The molecule has 1 unspecified atom stereocenters. The number of halogens is 1. The molecule has 0 amide bonds. The maximum atomic E-state index is 13.6. The van der Waals surface area contributed by atoms with Gasteiger partial charge in [0.05, 0.1) is 20.3 Å². The molecule has 0 saturated carbocycles. The first kappa shape index (κ1) is 15.3. The fraction of sp³-hybridized carbons (Fsp3) is 0.294. The van der Waals surface area contributed by atoms with Crippen LogP contribution >= 0.6 is 0 Å². The molecule has 0 spiro atoms. The standard InChI is InChI=1S/C17H19FO3/c1-20-14-7-3-12(4-8-14)5-9-16(19)13-6-10-17(21-2)15(18)11-13/h3-4,6-8,10-11,16,19H,5,9H2,1-2H3. The van der Waals surface area contributed by atoms with Crippen LogP contribution in [0.3, 0.4) is 0 Å². The quantitative estimate of drug-likeness (QED) is 0.885. The highest BCUT2D eigenvalue weighted by atomic mass is 19.1. The van der Waals surface area contributed by atoms with Gasteiger partial charge in [-0.3, -0.25) is 0 Å². The van der Waals surface area contributed by atoms with Crippen LogP contribution in [0.25, 0.3) is 0 Å². The van der Waals surface area contributed by atoms with Gasteiger partial charge in [0.1, 0.15) is 5.75 Å². The summed E-state index contributed by atoms with van der Waals surface area (Å²) in [6, 6.07) is 12.2. The highest BCUT2D eigenvalue weighted by Crippen LogP contribution is 2.25. The first-order valence-corrected chi connectivity index (χ1v) is 6.78. The van der Waals surface area contributed by atoms with E-state index < -0.39 is 11.9 Å². The second-order valence-corrected chi connectivity index (χ2v) is 4.80. The lowest BCUT2D eigenvalue weighted by Gasteiger charge is -2.12. The van der Waals surface area contributed by atoms with Gasteiger partial charge in [-0.2, -0.15) is 0 Å². The van der Waals surface area contributed by atoms with Crippen molar-refractivity contribution in [2.45, 2.75) is 18.9 Å². The van der Waals surface area contributed by atoms with E-state index in [4.69, 9.17) is 9.47 Å². The Kier molecular flexibility index (Phi) is 5.17. The Morgan fingerprint density at radius 3 is 2.33 bits per heavy atom. The number of aliphatic hydroxyl groups excluding tert-OH is 1. The summed E-state index contributed by atoms with van der Waals surface area (Å²) in [5, 5.41) is 10.1. The van der Waals surface area contributed by atoms with E-state index in [1.807, 2.05) is 24.3 Å². The normalized spacial score (nSPS) is 12.0. The summed E-state index contributed by atoms with van der Waals surface area (Å²) in [6.45, 7) is 0. The Morgan fingerprint density at radius 2 is 1.76 bits per heavy atom. The van der Waals surface area contributed by atoms with Gasteiger partial charge < -0.3 is 14.6 Å². The minimum atomic E-state index is -0.701. The second-order valence-electron chi connectivity index (χ2n) is 4.80. The average Bonchev–Trinajstić information content (AvgIpc) is 2.53. The van der Waals surface area contributed by atoms with Gasteiger partial charge in [-0.15, -0.1) is 0 Å². The smallest absolute Gasteiger partial charge is 0.165 e. The van der Waals surface area contributed by atoms with E-state index in [9.17, 15) is 9.50 Å². The van der Waals surface area contributed by atoms with Gasteiger partial charge in [-0.1, -0.05) is 18.2 Å². The molecule has 112 valence electrons. The van der Waals surface area contributed by atoms with Crippen molar-refractivity contribution in [2.75, 3.05) is 14.2 Å². The summed E-state index contributed by atoms with van der Waals surface area (Å²) in [6.07, 6.45) is 0.532. The predicted molar refractivity (Wildman–Crippen MR) is 79.2 cm³/mol. The van der Waals surface area contributed by atoms with E-state index in [-0.39, 0.29) is 5.75 Å². The van der Waals surface area contributed by atoms with Crippen LogP contribution in [0.15, 0.2) is 42.5 Å². The lowest BCUT2D eigenvalue weighted by atomic mass is 10.0. The number of aliphatic hydroxyl groups is 1. The number of aryl methyl sites for hydroxylation is 1. The highest BCUT2D eigenvalue weighted by Gasteiger charge is 2.11. The van der Waals surface area contributed by atoms with Crippen LogP contribution in [-0.4, -0.2) is 19.3 Å². The topological polar surface area (TPSA) is 38.7 Å². The molecule has 1 N–H and O–H groups in total. The lowest BCUT2D eigenvalue weighted by Crippen LogP contribution is -2.01. The van der Waals surface area contributed by atoms with E-state index in [2.05, 4.69) is 0 Å². The van der Waals surface area contributed by atoms with E-state index in [1.165, 1.54) is 19.2 Å². The molecule has 3 nitrogen and oxygen atoms in total. The first-order chi connectivity index (χ1) is 10.1. The van der Waals surface area contributed by atoms with Gasteiger partial charge in [0.2, 0.25) is 0 Å². The van der Waals surface area contributed by atoms with Crippen LogP contribution in [0, 0.1) is 5.82 Å². The Morgan fingerprint density at radius 1 is 1.05 bits per heavy atom. The third-order valence-corrected chi connectivity index (χ3v) is 3.43. The maximum Gasteiger partial charge on any atom is 0.165 e. The second kappa shape index (κ2) is 7.09. The number of methoxy groups -OCH3 is 2. The van der Waals surface area contributed by atoms with Crippen molar-refractivity contribution in [3.63, 3.8) is 0 Å². The molecule has 4 heteroatoms. The lowest BCUT2D eigenvalue weighted by molar-refractivity contribution is 0.167. The van der Waals surface area contributed by atoms with Crippen molar-refractivity contribution in [3.05, 3.63) is 59.4 Å². The molecule has 0 radical (unpaired) electrons. The van der Waals surface area contributed by atoms with Crippen LogP contribution in [0.5, 0.6) is 11.5 Å². The van der Waals surface area contributed by atoms with Gasteiger partial charge in [-0.25, -0.2) is 4.39 Å². The summed E-state index contributed by atoms with van der Waals surface area (Å²) in [5.41, 5.74) is 1.66. The number of benzene rings is 2. The van der Waals surface area contributed by atoms with Crippen molar-refractivity contribution in [1.29, 1.82) is 0 Å². The minimum Gasteiger partial charge on any atom is -0.497 e. The molecule has 1 atom stereocenters. The molecule has 0 aliphatic rings. The Hall–Kier alpha value is -2.07. The van der Waals surface area contributed by atoms with Gasteiger partial charge >= 0.3 is 0 Å². The zero-order chi connectivity index (χ0) is 15.2. The molecular weight excluding hydrogens is 271 g/mol. The third-order valence-electron chi connectivity index (χ3n) is 3.43. The van der Waals surface area contributed by atoms with Crippen LogP contribution < -0.4 is 9.47 Å². The molecule has 2 rings (SSSR count). The minimum absolute atomic E-state index is 0.182. The fourth-order valence-corrected chi connectivity index (χ4v) is 2.15.